The van der Waals surface area contributed by atoms with Crippen molar-refractivity contribution >= 4 is 128 Å². The van der Waals surface area contributed by atoms with E-state index >= 15 is 0 Å². The Morgan fingerprint density at radius 2 is 0.585 bits per heavy atom. The summed E-state index contributed by atoms with van der Waals surface area (Å²) in [5.74, 6) is 0. The van der Waals surface area contributed by atoms with Crippen LogP contribution in [0, 0.1) is 40.5 Å². The van der Waals surface area contributed by atoms with Crippen LogP contribution in [-0.4, -0.2) is 39.6 Å². The highest BCUT2D eigenvalue weighted by Gasteiger charge is 2.24. The van der Waals surface area contributed by atoms with E-state index in [4.69, 9.17) is 56.4 Å². The summed E-state index contributed by atoms with van der Waals surface area (Å²) in [6, 6.07) is 24.0. The van der Waals surface area contributed by atoms with Crippen molar-refractivity contribution in [3.05, 3.63) is 180 Å². The fraction of sp³-hybridized carbons (Fsp3) is 0. The van der Waals surface area contributed by atoms with Gasteiger partial charge in [-0.15, -0.1) is 12.4 Å². The van der Waals surface area contributed by atoms with Gasteiger partial charge in [-0.2, -0.15) is 0 Å². The predicted molar refractivity (Wildman–Crippen MR) is 255 cm³/mol. The van der Waals surface area contributed by atoms with E-state index in [-0.39, 0.29) is 55.2 Å². The Bertz CT molecular complexity index is 3050. The number of H-pyrrole nitrogens is 2. The van der Waals surface area contributed by atoms with E-state index in [9.17, 15) is 40.5 Å². The van der Waals surface area contributed by atoms with Gasteiger partial charge in [0.1, 0.15) is 20.1 Å². The topological polar surface area (TPSA) is 230 Å². The summed E-state index contributed by atoms with van der Waals surface area (Å²) < 4.78 is 0. The van der Waals surface area contributed by atoms with Gasteiger partial charge in [-0.05, 0) is 95.1 Å². The molecule has 7 aromatic rings. The number of nitrogens with one attached hydrogen (secondary N) is 2. The Kier molecular flexibility index (Phi) is 11.7. The molecule has 3 aromatic heterocycles. The minimum atomic E-state index is -0.612. The largest absolute Gasteiger partial charge is 0.354 e. The third-order valence-corrected chi connectivity index (χ3v) is 11.8. The summed E-state index contributed by atoms with van der Waals surface area (Å²) in [5, 5.41) is 48.2. The lowest BCUT2D eigenvalue weighted by Crippen LogP contribution is -1.94. The number of nitro benzene ring substituents is 4. The third kappa shape index (κ3) is 8.05. The predicted octanol–water partition coefficient (Wildman–Crippen LogP) is 14.0. The maximum atomic E-state index is 12.2. The molecule has 5 heterocycles. The maximum absolute atomic E-state index is 12.2. The van der Waals surface area contributed by atoms with Crippen molar-refractivity contribution in [1.82, 2.24) is 19.9 Å². The lowest BCUT2D eigenvalue weighted by atomic mass is 10.0. The van der Waals surface area contributed by atoms with E-state index in [1.54, 1.807) is 72.8 Å². The molecule has 0 saturated carbocycles. The number of hydrogen-bond acceptors (Lipinski definition) is 10. The quantitative estimate of drug-likeness (QED) is 0.108. The van der Waals surface area contributed by atoms with Gasteiger partial charge in [0.05, 0.1) is 42.5 Å². The Hall–Kier alpha value is -7.47. The normalized spacial score (nSPS) is 11.6. The van der Waals surface area contributed by atoms with Crippen molar-refractivity contribution in [2.24, 2.45) is 0 Å². The molecule has 21 heteroatoms. The van der Waals surface area contributed by atoms with E-state index in [1.807, 2.05) is 0 Å². The van der Waals surface area contributed by atoms with E-state index in [0.29, 0.717) is 89.4 Å². The second-order valence-corrected chi connectivity index (χ2v) is 15.8. The molecule has 2 N–H and O–H groups in total. The molecule has 322 valence electrons. The second-order valence-electron chi connectivity index (χ2n) is 14.2. The van der Waals surface area contributed by atoms with Gasteiger partial charge in [0, 0.05) is 68.6 Å². The van der Waals surface area contributed by atoms with Gasteiger partial charge in [-0.1, -0.05) is 70.7 Å². The van der Waals surface area contributed by atoms with Gasteiger partial charge in [-0.25, -0.2) is 9.97 Å². The molecular weight excluding hydrogens is 946 g/mol. The monoisotopic (exact) mass is 966 g/mol. The average molecular weight is 969 g/mol. The molecule has 0 atom stereocenters. The second kappa shape index (κ2) is 17.2. The maximum Gasteiger partial charge on any atom is 0.288 e. The van der Waals surface area contributed by atoms with E-state index in [0.717, 1.165) is 0 Å². The molecule has 9 rings (SSSR count). The lowest BCUT2D eigenvalue weighted by molar-refractivity contribution is -0.384. The average Bonchev–Trinajstić information content (AvgIpc) is 4.11. The van der Waals surface area contributed by atoms with Crippen molar-refractivity contribution in [3.8, 4) is 44.5 Å². The van der Waals surface area contributed by atoms with Crippen molar-refractivity contribution in [3.63, 3.8) is 0 Å². The summed E-state index contributed by atoms with van der Waals surface area (Å²) in [6.45, 7) is 0. The lowest BCUT2D eigenvalue weighted by Gasteiger charge is -2.08. The first-order valence-electron chi connectivity index (χ1n) is 18.6. The first kappa shape index (κ1) is 44.1. The van der Waals surface area contributed by atoms with Gasteiger partial charge in [0.15, 0.2) is 0 Å². The Balaban J connectivity index is 0.00000576. The standard InChI is InChI=1S/C44H22Cl4N8O8.ClH/c45-25-5-1-21(17-37(25)53(57)58)41-29-9-11-31(49-29)42(22-2-6-26(46)38(18-22)54(59)60)33-13-15-35(51-33)44(24-4-8-28(48)40(20-24)56(63)64)36-16-14-34(52-36)43(32-12-10-30(41)50-32)23-3-7-27(47)39(19-23)55(61)62;/h1-20,49,52H;1H. The number of nitrogens with zero attached hydrogens (tertiary/aromatic N) is 6. The SMILES string of the molecule is Cl.O=[N+]([O-])c1cc(-c2c3nc(c(-c4ccc(Cl)c([N+](=O)[O-])c4)c4ccc([nH]4)c(-c4ccc(Cl)c([N+](=O)[O-])c4)c4nc(c(-c5ccc(Cl)c([N+](=O)[O-])c5)c5ccc2[nH]5)C=C4)C=C3)ccc1Cl. The summed E-state index contributed by atoms with van der Waals surface area (Å²) in [4.78, 5) is 63.1. The van der Waals surface area contributed by atoms with Crippen LogP contribution >= 0.6 is 58.8 Å². The van der Waals surface area contributed by atoms with Crippen LogP contribution in [0.5, 0.6) is 0 Å². The highest BCUT2D eigenvalue weighted by molar-refractivity contribution is 6.34. The number of aromatic amines is 2. The fourth-order valence-corrected chi connectivity index (χ4v) is 8.40. The summed E-state index contributed by atoms with van der Waals surface area (Å²) >= 11 is 25.1. The molecule has 0 aliphatic carbocycles. The fourth-order valence-electron chi connectivity index (χ4n) is 7.65. The highest BCUT2D eigenvalue weighted by Crippen LogP contribution is 2.42. The zero-order valence-corrected chi connectivity index (χ0v) is 36.3. The molecule has 2 aliphatic heterocycles. The van der Waals surface area contributed by atoms with Crippen molar-refractivity contribution in [1.29, 1.82) is 0 Å². The molecule has 0 fully saturated rings. The molecule has 0 spiro atoms. The van der Waals surface area contributed by atoms with Gasteiger partial charge >= 0.3 is 0 Å². The smallest absolute Gasteiger partial charge is 0.288 e. The Morgan fingerprint density at radius 3 is 0.785 bits per heavy atom. The van der Waals surface area contributed by atoms with Crippen LogP contribution in [0.15, 0.2) is 97.1 Å². The number of benzene rings is 4. The van der Waals surface area contributed by atoms with Crippen molar-refractivity contribution in [2.75, 3.05) is 0 Å². The molecule has 8 bridgehead atoms. The molecular formula is C44H23Cl5N8O8. The summed E-state index contributed by atoms with van der Waals surface area (Å²) in [5.41, 5.74) is 4.32. The van der Waals surface area contributed by atoms with Crippen LogP contribution in [0.4, 0.5) is 22.7 Å². The minimum absolute atomic E-state index is 0. The van der Waals surface area contributed by atoms with Crippen molar-refractivity contribution < 1.29 is 19.7 Å². The van der Waals surface area contributed by atoms with Gasteiger partial charge in [-0.3, -0.25) is 40.5 Å². The number of hydrogen-bond donors (Lipinski definition) is 2. The van der Waals surface area contributed by atoms with Crippen LogP contribution in [0.25, 0.3) is 90.9 Å². The summed E-state index contributed by atoms with van der Waals surface area (Å²) in [7, 11) is 0. The number of rotatable bonds is 8. The Labute approximate surface area is 390 Å². The zero-order valence-electron chi connectivity index (χ0n) is 32.4. The van der Waals surface area contributed by atoms with Crippen LogP contribution in [0.3, 0.4) is 0 Å². The number of fused-ring (bicyclic) bond motifs is 8. The molecule has 65 heavy (non-hydrogen) atoms. The van der Waals surface area contributed by atoms with Crippen molar-refractivity contribution in [2.45, 2.75) is 0 Å². The van der Waals surface area contributed by atoms with Gasteiger partial charge in [0.25, 0.3) is 22.7 Å². The highest BCUT2D eigenvalue weighted by atomic mass is 35.5. The first-order valence-corrected chi connectivity index (χ1v) is 20.1. The molecule has 0 radical (unpaired) electrons. The minimum Gasteiger partial charge on any atom is -0.354 e. The zero-order chi connectivity index (χ0) is 45.1. The number of aromatic nitrogens is 4. The third-order valence-electron chi connectivity index (χ3n) is 10.5. The van der Waals surface area contributed by atoms with Crippen LogP contribution < -0.4 is 0 Å². The molecule has 0 amide bonds. The van der Waals surface area contributed by atoms with Gasteiger partial charge in [0.2, 0.25) is 0 Å². The van der Waals surface area contributed by atoms with Crippen LogP contribution in [0.1, 0.15) is 22.8 Å². The Morgan fingerprint density at radius 1 is 0.369 bits per heavy atom. The van der Waals surface area contributed by atoms with Crippen LogP contribution in [-0.2, 0) is 0 Å². The van der Waals surface area contributed by atoms with E-state index < -0.39 is 19.7 Å². The first-order chi connectivity index (χ1) is 30.7. The summed E-state index contributed by atoms with van der Waals surface area (Å²) in [6.07, 6.45) is 6.72. The molecule has 0 saturated heterocycles. The molecule has 0 unspecified atom stereocenters. The van der Waals surface area contributed by atoms with E-state index in [2.05, 4.69) is 9.97 Å². The number of halogens is 5. The number of nitro groups is 4. The van der Waals surface area contributed by atoms with Gasteiger partial charge < -0.3 is 9.97 Å². The van der Waals surface area contributed by atoms with E-state index in [1.165, 1.54) is 48.5 Å². The molecule has 4 aromatic carbocycles. The molecule has 2 aliphatic rings. The molecule has 16 nitrogen and oxygen atoms in total. The van der Waals surface area contributed by atoms with Crippen LogP contribution in [0.2, 0.25) is 20.1 Å².